The number of carbonyl (C=O) groups is 1. The average molecular weight is 413 g/mol. The molecule has 1 saturated heterocycles. The molecule has 0 saturated carbocycles. The third kappa shape index (κ3) is 4.69. The van der Waals surface area contributed by atoms with Crippen molar-refractivity contribution in [3.63, 3.8) is 0 Å². The number of nitrogens with zero attached hydrogens (tertiary/aromatic N) is 4. The van der Waals surface area contributed by atoms with Gasteiger partial charge in [-0.3, -0.25) is 14.4 Å². The molecule has 1 amide bonds. The summed E-state index contributed by atoms with van der Waals surface area (Å²) in [5.41, 5.74) is 2.75. The van der Waals surface area contributed by atoms with Crippen molar-refractivity contribution in [3.8, 4) is 5.75 Å². The Morgan fingerprint density at radius 1 is 1.07 bits per heavy atom. The zero-order valence-electron chi connectivity index (χ0n) is 19.5. The second-order valence-electron chi connectivity index (χ2n) is 9.47. The molecule has 1 aliphatic heterocycles. The molecule has 2 heterocycles. The summed E-state index contributed by atoms with van der Waals surface area (Å²) < 4.78 is 7.37. The quantitative estimate of drug-likeness (QED) is 0.735. The van der Waals surface area contributed by atoms with Crippen molar-refractivity contribution >= 4 is 5.91 Å². The van der Waals surface area contributed by atoms with Crippen LogP contribution in [0.15, 0.2) is 30.3 Å². The smallest absolute Gasteiger partial charge is 0.274 e. The molecule has 1 fully saturated rings. The number of methoxy groups -OCH3 is 1. The van der Waals surface area contributed by atoms with E-state index in [4.69, 9.17) is 9.84 Å². The van der Waals surface area contributed by atoms with Gasteiger partial charge in [0.2, 0.25) is 0 Å². The Bertz CT molecular complexity index is 874. The van der Waals surface area contributed by atoms with E-state index >= 15 is 0 Å². The van der Waals surface area contributed by atoms with E-state index in [-0.39, 0.29) is 17.5 Å². The number of rotatable bonds is 5. The van der Waals surface area contributed by atoms with Gasteiger partial charge in [0.15, 0.2) is 5.69 Å². The van der Waals surface area contributed by atoms with Gasteiger partial charge >= 0.3 is 0 Å². The van der Waals surface area contributed by atoms with Gasteiger partial charge < -0.3 is 9.64 Å². The first-order valence-electron chi connectivity index (χ1n) is 10.9. The normalized spacial score (nSPS) is 16.7. The molecule has 1 aromatic carbocycles. The van der Waals surface area contributed by atoms with Crippen LogP contribution in [-0.2, 0) is 5.54 Å². The summed E-state index contributed by atoms with van der Waals surface area (Å²) in [6, 6.07) is 10.5. The SMILES string of the molecule is COc1cccc(C(C)N2CCN(C(=O)c3cc(C(C)C)n(C(C)(C)C)n3)CC2)c1. The molecule has 30 heavy (non-hydrogen) atoms. The third-order valence-electron chi connectivity index (χ3n) is 5.91. The van der Waals surface area contributed by atoms with Crippen LogP contribution in [0.5, 0.6) is 5.75 Å². The Kier molecular flexibility index (Phi) is 6.56. The van der Waals surface area contributed by atoms with E-state index in [2.05, 4.69) is 58.6 Å². The lowest BCUT2D eigenvalue weighted by atomic mass is 10.1. The second-order valence-corrected chi connectivity index (χ2v) is 9.47. The van der Waals surface area contributed by atoms with Crippen molar-refractivity contribution < 1.29 is 9.53 Å². The molecule has 0 N–H and O–H groups in total. The van der Waals surface area contributed by atoms with Crippen LogP contribution >= 0.6 is 0 Å². The topological polar surface area (TPSA) is 50.6 Å². The molecule has 3 rings (SSSR count). The highest BCUT2D eigenvalue weighted by molar-refractivity contribution is 5.92. The Balaban J connectivity index is 1.68. The van der Waals surface area contributed by atoms with Gasteiger partial charge in [0.25, 0.3) is 5.91 Å². The maximum absolute atomic E-state index is 13.2. The molecule has 1 unspecified atom stereocenters. The monoisotopic (exact) mass is 412 g/mol. The van der Waals surface area contributed by atoms with Crippen molar-refractivity contribution in [2.24, 2.45) is 0 Å². The number of ether oxygens (including phenoxy) is 1. The molecule has 0 aliphatic carbocycles. The lowest BCUT2D eigenvalue weighted by molar-refractivity contribution is 0.0575. The largest absolute Gasteiger partial charge is 0.497 e. The summed E-state index contributed by atoms with van der Waals surface area (Å²) in [5, 5.41) is 4.70. The number of hydrogen-bond acceptors (Lipinski definition) is 4. The Morgan fingerprint density at radius 3 is 2.27 bits per heavy atom. The first-order valence-corrected chi connectivity index (χ1v) is 10.9. The van der Waals surface area contributed by atoms with Crippen molar-refractivity contribution in [3.05, 3.63) is 47.3 Å². The predicted octanol–water partition coefficient (Wildman–Crippen LogP) is 4.29. The molecule has 1 aromatic heterocycles. The van der Waals surface area contributed by atoms with Crippen molar-refractivity contribution in [1.82, 2.24) is 19.6 Å². The van der Waals surface area contributed by atoms with Crippen LogP contribution in [-0.4, -0.2) is 58.8 Å². The molecule has 1 atom stereocenters. The van der Waals surface area contributed by atoms with Gasteiger partial charge in [-0.25, -0.2) is 0 Å². The fourth-order valence-electron chi connectivity index (χ4n) is 4.04. The lowest BCUT2D eigenvalue weighted by Crippen LogP contribution is -2.49. The number of amides is 1. The van der Waals surface area contributed by atoms with E-state index in [1.807, 2.05) is 27.8 Å². The van der Waals surface area contributed by atoms with Crippen LogP contribution in [0.3, 0.4) is 0 Å². The number of hydrogen-bond donors (Lipinski definition) is 0. The van der Waals surface area contributed by atoms with Crippen LogP contribution in [0.4, 0.5) is 0 Å². The van der Waals surface area contributed by atoms with E-state index in [0.717, 1.165) is 24.5 Å². The molecule has 1 aliphatic rings. The van der Waals surface area contributed by atoms with E-state index in [9.17, 15) is 4.79 Å². The lowest BCUT2D eigenvalue weighted by Gasteiger charge is -2.38. The Labute approximate surface area is 180 Å². The minimum absolute atomic E-state index is 0.0357. The van der Waals surface area contributed by atoms with E-state index in [0.29, 0.717) is 24.7 Å². The summed E-state index contributed by atoms with van der Waals surface area (Å²) in [6.07, 6.45) is 0. The van der Waals surface area contributed by atoms with Crippen LogP contribution in [0.2, 0.25) is 0 Å². The standard InChI is InChI=1S/C24H36N4O2/c1-17(2)22-16-21(25-28(22)24(4,5)6)23(29)27-13-11-26(12-14-27)18(3)19-9-8-10-20(15-19)30-7/h8-10,15-18H,11-14H2,1-7H3. The zero-order valence-corrected chi connectivity index (χ0v) is 19.5. The van der Waals surface area contributed by atoms with Crippen molar-refractivity contribution in [2.45, 2.75) is 59.0 Å². The van der Waals surface area contributed by atoms with Crippen molar-refractivity contribution in [2.75, 3.05) is 33.3 Å². The number of aromatic nitrogens is 2. The Hall–Kier alpha value is -2.34. The zero-order chi connectivity index (χ0) is 22.1. The third-order valence-corrected chi connectivity index (χ3v) is 5.91. The van der Waals surface area contributed by atoms with Crippen LogP contribution < -0.4 is 4.74 Å². The first-order chi connectivity index (χ1) is 14.1. The van der Waals surface area contributed by atoms with Gasteiger partial charge in [-0.05, 0) is 57.4 Å². The first kappa shape index (κ1) is 22.3. The fraction of sp³-hybridized carbons (Fsp3) is 0.583. The molecule has 6 nitrogen and oxygen atoms in total. The molecule has 2 aromatic rings. The summed E-state index contributed by atoms with van der Waals surface area (Å²) >= 11 is 0. The molecule has 0 bridgehead atoms. The Morgan fingerprint density at radius 2 is 1.73 bits per heavy atom. The van der Waals surface area contributed by atoms with Gasteiger partial charge in [0.1, 0.15) is 5.75 Å². The van der Waals surface area contributed by atoms with Gasteiger partial charge in [-0.1, -0.05) is 26.0 Å². The fourth-order valence-corrected chi connectivity index (χ4v) is 4.04. The second kappa shape index (κ2) is 8.80. The van der Waals surface area contributed by atoms with E-state index in [1.165, 1.54) is 5.56 Å². The highest BCUT2D eigenvalue weighted by atomic mass is 16.5. The predicted molar refractivity (Wildman–Crippen MR) is 120 cm³/mol. The van der Waals surface area contributed by atoms with Crippen LogP contribution in [0.25, 0.3) is 0 Å². The van der Waals surface area contributed by atoms with Gasteiger partial charge in [-0.15, -0.1) is 0 Å². The molecular formula is C24H36N4O2. The minimum Gasteiger partial charge on any atom is -0.497 e. The number of benzene rings is 1. The molecular weight excluding hydrogens is 376 g/mol. The van der Waals surface area contributed by atoms with E-state index < -0.39 is 0 Å². The average Bonchev–Trinajstić information content (AvgIpc) is 3.19. The van der Waals surface area contributed by atoms with Gasteiger partial charge in [-0.2, -0.15) is 5.10 Å². The van der Waals surface area contributed by atoms with Crippen LogP contribution in [0, 0.1) is 0 Å². The highest BCUT2D eigenvalue weighted by Gasteiger charge is 2.29. The number of piperazine rings is 1. The minimum atomic E-state index is -0.150. The summed E-state index contributed by atoms with van der Waals surface area (Å²) in [4.78, 5) is 17.5. The summed E-state index contributed by atoms with van der Waals surface area (Å²) in [7, 11) is 1.69. The maximum Gasteiger partial charge on any atom is 0.274 e. The van der Waals surface area contributed by atoms with Crippen molar-refractivity contribution in [1.29, 1.82) is 0 Å². The molecule has 6 heteroatoms. The van der Waals surface area contributed by atoms with Gasteiger partial charge in [0.05, 0.1) is 12.6 Å². The molecule has 0 radical (unpaired) electrons. The summed E-state index contributed by atoms with van der Waals surface area (Å²) in [5.74, 6) is 1.23. The summed E-state index contributed by atoms with van der Waals surface area (Å²) in [6.45, 7) is 16.0. The van der Waals surface area contributed by atoms with Crippen LogP contribution in [0.1, 0.15) is 75.2 Å². The molecule has 0 spiro atoms. The van der Waals surface area contributed by atoms with E-state index in [1.54, 1.807) is 7.11 Å². The molecule has 164 valence electrons. The maximum atomic E-state index is 13.2. The number of carbonyl (C=O) groups excluding carboxylic acids is 1. The van der Waals surface area contributed by atoms with Gasteiger partial charge in [0, 0.05) is 37.9 Å². The highest BCUT2D eigenvalue weighted by Crippen LogP contribution is 2.26.